The van der Waals surface area contributed by atoms with Crippen LogP contribution in [0.3, 0.4) is 0 Å². The first kappa shape index (κ1) is 16.7. The third kappa shape index (κ3) is 5.54. The predicted molar refractivity (Wildman–Crippen MR) is 88.2 cm³/mol. The van der Waals surface area contributed by atoms with Gasteiger partial charge in [0.15, 0.2) is 0 Å². The molecule has 1 aromatic carbocycles. The SMILES string of the molecule is CC(C)OC(=O)c1ccc(NC(=O)CCc2cccnc2)cc1. The van der Waals surface area contributed by atoms with Crippen molar-refractivity contribution < 1.29 is 14.3 Å². The van der Waals surface area contributed by atoms with Crippen LogP contribution in [0.25, 0.3) is 0 Å². The number of anilines is 1. The lowest BCUT2D eigenvalue weighted by Gasteiger charge is -2.09. The maximum absolute atomic E-state index is 11.9. The van der Waals surface area contributed by atoms with Gasteiger partial charge in [-0.25, -0.2) is 4.79 Å². The van der Waals surface area contributed by atoms with Crippen molar-refractivity contribution in [2.75, 3.05) is 5.32 Å². The maximum atomic E-state index is 11.9. The number of hydrogen-bond donors (Lipinski definition) is 1. The van der Waals surface area contributed by atoms with Gasteiger partial charge in [0.1, 0.15) is 0 Å². The Balaban J connectivity index is 1.85. The molecule has 23 heavy (non-hydrogen) atoms. The summed E-state index contributed by atoms with van der Waals surface area (Å²) in [6.45, 7) is 3.60. The van der Waals surface area contributed by atoms with Crippen molar-refractivity contribution in [3.8, 4) is 0 Å². The van der Waals surface area contributed by atoms with E-state index in [1.165, 1.54) is 0 Å². The number of nitrogens with zero attached hydrogens (tertiary/aromatic N) is 1. The van der Waals surface area contributed by atoms with Crippen LogP contribution >= 0.6 is 0 Å². The molecule has 1 aromatic heterocycles. The first-order chi connectivity index (χ1) is 11.0. The summed E-state index contributed by atoms with van der Waals surface area (Å²) >= 11 is 0. The van der Waals surface area contributed by atoms with Crippen LogP contribution in [-0.4, -0.2) is 23.0 Å². The van der Waals surface area contributed by atoms with E-state index in [4.69, 9.17) is 4.74 Å². The molecule has 0 unspecified atom stereocenters. The molecule has 2 rings (SSSR count). The first-order valence-corrected chi connectivity index (χ1v) is 7.54. The molecule has 0 radical (unpaired) electrons. The van der Waals surface area contributed by atoms with Crippen molar-refractivity contribution in [3.63, 3.8) is 0 Å². The highest BCUT2D eigenvalue weighted by molar-refractivity contribution is 5.93. The second-order valence-corrected chi connectivity index (χ2v) is 5.44. The number of esters is 1. The highest BCUT2D eigenvalue weighted by Gasteiger charge is 2.09. The standard InChI is InChI=1S/C18H20N2O3/c1-13(2)23-18(22)15-6-8-16(9-7-15)20-17(21)10-5-14-4-3-11-19-12-14/h3-4,6-9,11-13H,5,10H2,1-2H3,(H,20,21). The van der Waals surface area contributed by atoms with Crippen LogP contribution in [0, 0.1) is 0 Å². The molecule has 120 valence electrons. The fourth-order valence-electron chi connectivity index (χ4n) is 2.00. The number of carbonyl (C=O) groups excluding carboxylic acids is 2. The van der Waals surface area contributed by atoms with Crippen LogP contribution in [0.4, 0.5) is 5.69 Å². The molecule has 5 heteroatoms. The van der Waals surface area contributed by atoms with Gasteiger partial charge in [-0.15, -0.1) is 0 Å². The fourth-order valence-corrected chi connectivity index (χ4v) is 2.00. The Bertz CT molecular complexity index is 652. The van der Waals surface area contributed by atoms with Gasteiger partial charge < -0.3 is 10.1 Å². The third-order valence-corrected chi connectivity index (χ3v) is 3.11. The van der Waals surface area contributed by atoms with Gasteiger partial charge >= 0.3 is 5.97 Å². The number of benzene rings is 1. The van der Waals surface area contributed by atoms with E-state index in [9.17, 15) is 9.59 Å². The molecular weight excluding hydrogens is 292 g/mol. The summed E-state index contributed by atoms with van der Waals surface area (Å²) in [5.41, 5.74) is 2.14. The van der Waals surface area contributed by atoms with Gasteiger partial charge in [0, 0.05) is 24.5 Å². The lowest BCUT2D eigenvalue weighted by Crippen LogP contribution is -2.13. The van der Waals surface area contributed by atoms with Crippen molar-refractivity contribution in [2.24, 2.45) is 0 Å². The maximum Gasteiger partial charge on any atom is 0.338 e. The Morgan fingerprint density at radius 1 is 1.17 bits per heavy atom. The number of aromatic nitrogens is 1. The summed E-state index contributed by atoms with van der Waals surface area (Å²) in [6, 6.07) is 10.5. The number of hydrogen-bond acceptors (Lipinski definition) is 4. The largest absolute Gasteiger partial charge is 0.459 e. The summed E-state index contributed by atoms with van der Waals surface area (Å²) in [7, 11) is 0. The monoisotopic (exact) mass is 312 g/mol. The van der Waals surface area contributed by atoms with Gasteiger partial charge in [-0.3, -0.25) is 9.78 Å². The molecule has 0 aliphatic carbocycles. The zero-order valence-corrected chi connectivity index (χ0v) is 13.3. The summed E-state index contributed by atoms with van der Waals surface area (Å²) in [5.74, 6) is -0.444. The van der Waals surface area contributed by atoms with Gasteiger partial charge in [-0.2, -0.15) is 0 Å². The van der Waals surface area contributed by atoms with E-state index in [1.807, 2.05) is 12.1 Å². The molecule has 0 bridgehead atoms. The lowest BCUT2D eigenvalue weighted by atomic mass is 10.1. The molecule has 0 saturated carbocycles. The van der Waals surface area contributed by atoms with Gasteiger partial charge in [0.2, 0.25) is 5.91 Å². The second-order valence-electron chi connectivity index (χ2n) is 5.44. The average Bonchev–Trinajstić information content (AvgIpc) is 2.54. The van der Waals surface area contributed by atoms with Gasteiger partial charge in [-0.05, 0) is 56.2 Å². The third-order valence-electron chi connectivity index (χ3n) is 3.11. The Labute approximate surface area is 135 Å². The van der Waals surface area contributed by atoms with Crippen molar-refractivity contribution in [1.29, 1.82) is 0 Å². The average molecular weight is 312 g/mol. The molecule has 5 nitrogen and oxygen atoms in total. The Morgan fingerprint density at radius 3 is 2.52 bits per heavy atom. The number of nitrogens with one attached hydrogen (secondary N) is 1. The number of aryl methyl sites for hydroxylation is 1. The van der Waals surface area contributed by atoms with Gasteiger partial charge in [-0.1, -0.05) is 6.07 Å². The number of rotatable bonds is 6. The van der Waals surface area contributed by atoms with E-state index >= 15 is 0 Å². The van der Waals surface area contributed by atoms with Crippen LogP contribution < -0.4 is 5.32 Å². The van der Waals surface area contributed by atoms with E-state index in [-0.39, 0.29) is 18.0 Å². The lowest BCUT2D eigenvalue weighted by molar-refractivity contribution is -0.116. The van der Waals surface area contributed by atoms with Crippen molar-refractivity contribution >= 4 is 17.6 Å². The molecule has 1 N–H and O–H groups in total. The Morgan fingerprint density at radius 2 is 1.91 bits per heavy atom. The normalized spacial score (nSPS) is 10.4. The fraction of sp³-hybridized carbons (Fsp3) is 0.278. The molecular formula is C18H20N2O3. The minimum Gasteiger partial charge on any atom is -0.459 e. The molecule has 0 aliphatic rings. The molecule has 2 aromatic rings. The molecule has 0 fully saturated rings. The Kier molecular flexibility index (Phi) is 5.86. The summed E-state index contributed by atoms with van der Waals surface area (Å²) in [6.07, 6.45) is 4.31. The zero-order valence-electron chi connectivity index (χ0n) is 13.3. The van der Waals surface area contributed by atoms with E-state index in [0.29, 0.717) is 24.1 Å². The quantitative estimate of drug-likeness (QED) is 0.832. The molecule has 0 aliphatic heterocycles. The van der Waals surface area contributed by atoms with Crippen molar-refractivity contribution in [2.45, 2.75) is 32.8 Å². The smallest absolute Gasteiger partial charge is 0.338 e. The van der Waals surface area contributed by atoms with Crippen LogP contribution in [0.5, 0.6) is 0 Å². The number of ether oxygens (including phenoxy) is 1. The van der Waals surface area contributed by atoms with Gasteiger partial charge in [0.05, 0.1) is 11.7 Å². The molecule has 0 spiro atoms. The van der Waals surface area contributed by atoms with Gasteiger partial charge in [0.25, 0.3) is 0 Å². The number of amides is 1. The van der Waals surface area contributed by atoms with Crippen LogP contribution in [0.2, 0.25) is 0 Å². The van der Waals surface area contributed by atoms with E-state index in [0.717, 1.165) is 5.56 Å². The zero-order chi connectivity index (χ0) is 16.7. The van der Waals surface area contributed by atoms with E-state index in [1.54, 1.807) is 50.5 Å². The topological polar surface area (TPSA) is 68.3 Å². The van der Waals surface area contributed by atoms with E-state index in [2.05, 4.69) is 10.3 Å². The summed E-state index contributed by atoms with van der Waals surface area (Å²) in [5, 5.41) is 2.81. The predicted octanol–water partition coefficient (Wildman–Crippen LogP) is 3.22. The molecule has 0 atom stereocenters. The van der Waals surface area contributed by atoms with E-state index < -0.39 is 0 Å². The Hall–Kier alpha value is -2.69. The van der Waals surface area contributed by atoms with Crippen molar-refractivity contribution in [3.05, 3.63) is 59.9 Å². The minimum atomic E-state index is -0.366. The molecule has 1 amide bonds. The summed E-state index contributed by atoms with van der Waals surface area (Å²) in [4.78, 5) is 27.7. The van der Waals surface area contributed by atoms with Crippen LogP contribution in [-0.2, 0) is 16.0 Å². The molecule has 1 heterocycles. The minimum absolute atomic E-state index is 0.0774. The number of pyridine rings is 1. The second kappa shape index (κ2) is 8.08. The number of carbonyl (C=O) groups is 2. The van der Waals surface area contributed by atoms with Crippen LogP contribution in [0.15, 0.2) is 48.8 Å². The highest BCUT2D eigenvalue weighted by atomic mass is 16.5. The summed E-state index contributed by atoms with van der Waals surface area (Å²) < 4.78 is 5.11. The highest BCUT2D eigenvalue weighted by Crippen LogP contribution is 2.12. The first-order valence-electron chi connectivity index (χ1n) is 7.54. The molecule has 0 saturated heterocycles. The van der Waals surface area contributed by atoms with Crippen LogP contribution in [0.1, 0.15) is 36.2 Å². The van der Waals surface area contributed by atoms with Crippen molar-refractivity contribution in [1.82, 2.24) is 4.98 Å².